The van der Waals surface area contributed by atoms with E-state index in [4.69, 9.17) is 4.42 Å². The molecule has 0 saturated carbocycles. The molecule has 1 heterocycles. The Morgan fingerprint density at radius 3 is 2.44 bits per heavy atom. The molecule has 3 aromatic rings. The van der Waals surface area contributed by atoms with Gasteiger partial charge in [-0.2, -0.15) is 0 Å². The van der Waals surface area contributed by atoms with Crippen molar-refractivity contribution < 1.29 is 14.0 Å². The fourth-order valence-electron chi connectivity index (χ4n) is 2.71. The normalized spacial score (nSPS) is 12.1. The van der Waals surface area contributed by atoms with Crippen LogP contribution in [0.25, 0.3) is 11.0 Å². The Morgan fingerprint density at radius 1 is 1.04 bits per heavy atom. The molecule has 0 fully saturated rings. The maximum Gasteiger partial charge on any atom is 0.238 e. The summed E-state index contributed by atoms with van der Waals surface area (Å²) in [7, 11) is 0. The largest absolute Gasteiger partial charge is 0.451 e. The topological polar surface area (TPSA) is 71.3 Å². The number of hydrogen-bond acceptors (Lipinski definition) is 4. The summed E-state index contributed by atoms with van der Waals surface area (Å²) < 4.78 is 5.57. The van der Waals surface area contributed by atoms with Crippen LogP contribution in [0.4, 0.5) is 5.69 Å². The average Bonchev–Trinajstić information content (AvgIpc) is 2.99. The lowest BCUT2D eigenvalue weighted by molar-refractivity contribution is -0.115. The van der Waals surface area contributed by atoms with Gasteiger partial charge in [0.05, 0.1) is 12.2 Å². The number of carbonyl (C=O) groups is 2. The molecule has 0 aliphatic carbocycles. The summed E-state index contributed by atoms with van der Waals surface area (Å²) in [5, 5.41) is 6.71. The molecule has 5 nitrogen and oxygen atoms in total. The molecular weight excluding hydrogens is 316 g/mol. The number of ketones is 1. The zero-order valence-electron chi connectivity index (χ0n) is 14.2. The van der Waals surface area contributed by atoms with E-state index in [9.17, 15) is 9.59 Å². The third-order valence-electron chi connectivity index (χ3n) is 4.05. The number of furan rings is 1. The molecule has 0 unspecified atom stereocenters. The van der Waals surface area contributed by atoms with E-state index in [-0.39, 0.29) is 30.0 Å². The van der Waals surface area contributed by atoms with Gasteiger partial charge >= 0.3 is 0 Å². The van der Waals surface area contributed by atoms with Crippen LogP contribution in [-0.2, 0) is 4.79 Å². The maximum atomic E-state index is 12.3. The van der Waals surface area contributed by atoms with Crippen LogP contribution in [0.2, 0.25) is 0 Å². The summed E-state index contributed by atoms with van der Waals surface area (Å²) in [6.45, 7) is 3.55. The minimum absolute atomic E-state index is 0.0420. The van der Waals surface area contributed by atoms with Crippen molar-refractivity contribution in [1.29, 1.82) is 0 Å². The third kappa shape index (κ3) is 3.78. The van der Waals surface area contributed by atoms with Gasteiger partial charge in [-0.05, 0) is 24.6 Å². The van der Waals surface area contributed by atoms with Gasteiger partial charge in [0.15, 0.2) is 11.5 Å². The molecule has 3 rings (SSSR count). The second kappa shape index (κ2) is 7.32. The Labute approximate surface area is 146 Å². The second-order valence-electron chi connectivity index (χ2n) is 5.92. The SMILES string of the molecule is CC(=O)c1oc2ccccc2c1NC(=O)CN[C@@H](C)c1ccccc1. The highest BCUT2D eigenvalue weighted by Crippen LogP contribution is 2.31. The molecule has 1 atom stereocenters. The number of hydrogen-bond donors (Lipinski definition) is 2. The molecule has 25 heavy (non-hydrogen) atoms. The molecular formula is C20H20N2O3. The van der Waals surface area contributed by atoms with Crippen molar-refractivity contribution in [3.63, 3.8) is 0 Å². The molecule has 128 valence electrons. The van der Waals surface area contributed by atoms with Crippen LogP contribution in [0.3, 0.4) is 0 Å². The Hall–Kier alpha value is -2.92. The van der Waals surface area contributed by atoms with E-state index in [1.165, 1.54) is 6.92 Å². The lowest BCUT2D eigenvalue weighted by Crippen LogP contribution is -2.30. The lowest BCUT2D eigenvalue weighted by atomic mass is 10.1. The molecule has 0 aliphatic rings. The number of anilines is 1. The first kappa shape index (κ1) is 16.9. The third-order valence-corrected chi connectivity index (χ3v) is 4.05. The van der Waals surface area contributed by atoms with Gasteiger partial charge in [0.1, 0.15) is 5.58 Å². The smallest absolute Gasteiger partial charge is 0.238 e. The molecule has 2 N–H and O–H groups in total. The number of benzene rings is 2. The average molecular weight is 336 g/mol. The predicted molar refractivity (Wildman–Crippen MR) is 97.7 cm³/mol. The molecule has 0 spiro atoms. The van der Waals surface area contributed by atoms with Gasteiger partial charge < -0.3 is 15.1 Å². The molecule has 0 radical (unpaired) electrons. The highest BCUT2D eigenvalue weighted by atomic mass is 16.3. The summed E-state index contributed by atoms with van der Waals surface area (Å²) in [6.07, 6.45) is 0. The first-order valence-corrected chi connectivity index (χ1v) is 8.17. The Kier molecular flexibility index (Phi) is 4.95. The monoisotopic (exact) mass is 336 g/mol. The van der Waals surface area contributed by atoms with E-state index in [2.05, 4.69) is 10.6 Å². The maximum absolute atomic E-state index is 12.3. The van der Waals surface area contributed by atoms with Crippen LogP contribution in [0.5, 0.6) is 0 Å². The quantitative estimate of drug-likeness (QED) is 0.669. The molecule has 5 heteroatoms. The van der Waals surface area contributed by atoms with E-state index >= 15 is 0 Å². The summed E-state index contributed by atoms with van der Waals surface area (Å²) in [5.74, 6) is -0.278. The minimum atomic E-state index is -0.225. The number of Topliss-reactive ketones (excluding diaryl/α,β-unsaturated/α-hetero) is 1. The Morgan fingerprint density at radius 2 is 1.72 bits per heavy atom. The molecule has 0 aliphatic heterocycles. The summed E-state index contributed by atoms with van der Waals surface area (Å²) in [6, 6.07) is 17.2. The van der Waals surface area contributed by atoms with Crippen molar-refractivity contribution in [3.8, 4) is 0 Å². The van der Waals surface area contributed by atoms with Crippen molar-refractivity contribution in [2.75, 3.05) is 11.9 Å². The van der Waals surface area contributed by atoms with Crippen LogP contribution in [0.1, 0.15) is 36.0 Å². The van der Waals surface area contributed by atoms with Crippen LogP contribution >= 0.6 is 0 Å². The van der Waals surface area contributed by atoms with Gasteiger partial charge in [-0.3, -0.25) is 9.59 Å². The number of amides is 1. The van der Waals surface area contributed by atoms with Crippen LogP contribution in [0.15, 0.2) is 59.0 Å². The minimum Gasteiger partial charge on any atom is -0.451 e. The number of nitrogens with one attached hydrogen (secondary N) is 2. The van der Waals surface area contributed by atoms with E-state index < -0.39 is 0 Å². The fraction of sp³-hybridized carbons (Fsp3) is 0.200. The number of para-hydroxylation sites is 1. The van der Waals surface area contributed by atoms with Gasteiger partial charge in [0.2, 0.25) is 5.91 Å². The molecule has 1 amide bonds. The van der Waals surface area contributed by atoms with Gasteiger partial charge in [-0.25, -0.2) is 0 Å². The molecule has 0 saturated heterocycles. The highest BCUT2D eigenvalue weighted by molar-refractivity contribution is 6.11. The van der Waals surface area contributed by atoms with Crippen LogP contribution in [0, 0.1) is 0 Å². The number of carbonyl (C=O) groups excluding carboxylic acids is 2. The van der Waals surface area contributed by atoms with E-state index in [1.807, 2.05) is 55.5 Å². The van der Waals surface area contributed by atoms with E-state index in [0.29, 0.717) is 11.3 Å². The Balaban J connectivity index is 1.72. The molecule has 0 bridgehead atoms. The van der Waals surface area contributed by atoms with E-state index in [1.54, 1.807) is 6.07 Å². The zero-order chi connectivity index (χ0) is 17.8. The van der Waals surface area contributed by atoms with Gasteiger partial charge in [-0.15, -0.1) is 0 Å². The van der Waals surface area contributed by atoms with Gasteiger partial charge in [-0.1, -0.05) is 42.5 Å². The zero-order valence-corrected chi connectivity index (χ0v) is 14.2. The number of rotatable bonds is 6. The van der Waals surface area contributed by atoms with Crippen molar-refractivity contribution in [2.24, 2.45) is 0 Å². The summed E-state index contributed by atoms with van der Waals surface area (Å²) >= 11 is 0. The Bertz CT molecular complexity index is 900. The van der Waals surface area contributed by atoms with Gasteiger partial charge in [0.25, 0.3) is 0 Å². The van der Waals surface area contributed by atoms with Crippen molar-refractivity contribution in [3.05, 3.63) is 65.9 Å². The standard InChI is InChI=1S/C20H20N2O3/c1-13(15-8-4-3-5-9-15)21-12-18(24)22-19-16-10-6-7-11-17(16)25-20(19)14(2)23/h3-11,13,21H,12H2,1-2H3,(H,22,24)/t13-/m0/s1. The molecule has 1 aromatic heterocycles. The van der Waals surface area contributed by atoms with Crippen molar-refractivity contribution >= 4 is 28.3 Å². The molecule has 2 aromatic carbocycles. The summed E-state index contributed by atoms with van der Waals surface area (Å²) in [4.78, 5) is 24.1. The first-order valence-electron chi connectivity index (χ1n) is 8.17. The summed E-state index contributed by atoms with van der Waals surface area (Å²) in [5.41, 5.74) is 2.12. The fourth-order valence-corrected chi connectivity index (χ4v) is 2.71. The van der Waals surface area contributed by atoms with Crippen molar-refractivity contribution in [2.45, 2.75) is 19.9 Å². The lowest BCUT2D eigenvalue weighted by Gasteiger charge is -2.14. The van der Waals surface area contributed by atoms with Crippen molar-refractivity contribution in [1.82, 2.24) is 5.32 Å². The predicted octanol–water partition coefficient (Wildman–Crippen LogP) is 3.92. The second-order valence-corrected chi connectivity index (χ2v) is 5.92. The first-order chi connectivity index (χ1) is 12.1. The van der Waals surface area contributed by atoms with E-state index in [0.717, 1.165) is 10.9 Å². The number of fused-ring (bicyclic) bond motifs is 1. The van der Waals surface area contributed by atoms with Crippen LogP contribution in [-0.4, -0.2) is 18.2 Å². The van der Waals surface area contributed by atoms with Gasteiger partial charge in [0, 0.05) is 18.4 Å². The highest BCUT2D eigenvalue weighted by Gasteiger charge is 2.19. The van der Waals surface area contributed by atoms with Crippen LogP contribution < -0.4 is 10.6 Å².